The summed E-state index contributed by atoms with van der Waals surface area (Å²) in [6, 6.07) is 7.23. The number of nitrogens with zero attached hydrogens (tertiary/aromatic N) is 2. The first-order valence-electron chi connectivity index (χ1n) is 7.29. The number of amides is 1. The van der Waals surface area contributed by atoms with Crippen molar-refractivity contribution in [3.8, 4) is 0 Å². The predicted molar refractivity (Wildman–Crippen MR) is 89.8 cm³/mol. The minimum absolute atomic E-state index is 0.0707. The number of halogens is 1. The van der Waals surface area contributed by atoms with E-state index in [2.05, 4.69) is 15.9 Å². The van der Waals surface area contributed by atoms with Gasteiger partial charge in [-0.2, -0.15) is 0 Å². The Hall–Kier alpha value is -1.40. The molecule has 0 aromatic heterocycles. The van der Waals surface area contributed by atoms with E-state index in [4.69, 9.17) is 4.74 Å². The maximum atomic E-state index is 12.6. The van der Waals surface area contributed by atoms with Crippen LogP contribution in [0, 0.1) is 0 Å². The van der Waals surface area contributed by atoms with Crippen LogP contribution in [0.4, 0.5) is 0 Å². The molecule has 0 N–H and O–H groups in total. The minimum Gasteiger partial charge on any atom is -0.466 e. The van der Waals surface area contributed by atoms with Crippen LogP contribution in [0.15, 0.2) is 28.7 Å². The van der Waals surface area contributed by atoms with Gasteiger partial charge in [-0.3, -0.25) is 9.59 Å². The molecule has 0 atom stereocenters. The molecule has 1 rings (SSSR count). The van der Waals surface area contributed by atoms with Crippen LogP contribution in [0.2, 0.25) is 0 Å². The zero-order valence-corrected chi connectivity index (χ0v) is 14.9. The van der Waals surface area contributed by atoms with E-state index in [0.717, 1.165) is 11.0 Å². The molecule has 1 aromatic carbocycles. The fraction of sp³-hybridized carbons (Fsp3) is 0.500. The first-order valence-corrected chi connectivity index (χ1v) is 8.08. The molecular formula is C16H23BrN2O3. The zero-order chi connectivity index (χ0) is 16.5. The Balaban J connectivity index is 2.72. The molecule has 0 bridgehead atoms. The summed E-state index contributed by atoms with van der Waals surface area (Å²) in [6.07, 6.45) is 0.212. The van der Waals surface area contributed by atoms with E-state index in [-0.39, 0.29) is 18.3 Å². The Kier molecular flexibility index (Phi) is 8.12. The summed E-state index contributed by atoms with van der Waals surface area (Å²) in [7, 11) is 3.90. The quantitative estimate of drug-likeness (QED) is 0.659. The van der Waals surface area contributed by atoms with Crippen LogP contribution in [0.5, 0.6) is 0 Å². The van der Waals surface area contributed by atoms with Gasteiger partial charge in [0.15, 0.2) is 0 Å². The monoisotopic (exact) mass is 370 g/mol. The van der Waals surface area contributed by atoms with E-state index in [1.807, 2.05) is 31.1 Å². The number of ether oxygens (including phenoxy) is 1. The van der Waals surface area contributed by atoms with Gasteiger partial charge in [0.05, 0.1) is 13.0 Å². The molecular weight excluding hydrogens is 348 g/mol. The summed E-state index contributed by atoms with van der Waals surface area (Å²) in [6.45, 7) is 3.81. The Labute approximate surface area is 140 Å². The second kappa shape index (κ2) is 9.58. The molecule has 122 valence electrons. The SMILES string of the molecule is CCOC(=O)CCN(CCN(C)C)C(=O)c1ccc(Br)cc1. The number of hydrogen-bond acceptors (Lipinski definition) is 4. The van der Waals surface area contributed by atoms with E-state index in [9.17, 15) is 9.59 Å². The van der Waals surface area contributed by atoms with Crippen molar-refractivity contribution in [1.29, 1.82) is 0 Å². The standard InChI is InChI=1S/C16H23BrN2O3/c1-4-22-15(20)9-10-19(12-11-18(2)3)16(21)13-5-7-14(17)8-6-13/h5-8H,4,9-12H2,1-3H3. The summed E-state index contributed by atoms with van der Waals surface area (Å²) in [5.74, 6) is -0.348. The molecule has 0 unspecified atom stereocenters. The van der Waals surface area contributed by atoms with Crippen molar-refractivity contribution in [3.63, 3.8) is 0 Å². The van der Waals surface area contributed by atoms with Crippen LogP contribution in [0.1, 0.15) is 23.7 Å². The summed E-state index contributed by atoms with van der Waals surface area (Å²) in [5, 5.41) is 0. The van der Waals surface area contributed by atoms with Crippen LogP contribution < -0.4 is 0 Å². The lowest BCUT2D eigenvalue weighted by atomic mass is 10.2. The van der Waals surface area contributed by atoms with Crippen LogP contribution in [-0.4, -0.2) is 62.0 Å². The number of carbonyl (C=O) groups is 2. The zero-order valence-electron chi connectivity index (χ0n) is 13.3. The number of likely N-dealkylation sites (N-methyl/N-ethyl adjacent to an activating group) is 1. The molecule has 0 radical (unpaired) electrons. The van der Waals surface area contributed by atoms with Gasteiger partial charge >= 0.3 is 5.97 Å². The number of rotatable bonds is 8. The molecule has 0 aliphatic carbocycles. The van der Waals surface area contributed by atoms with E-state index >= 15 is 0 Å². The van der Waals surface area contributed by atoms with E-state index < -0.39 is 0 Å². The lowest BCUT2D eigenvalue weighted by molar-refractivity contribution is -0.143. The van der Waals surface area contributed by atoms with Crippen LogP contribution >= 0.6 is 15.9 Å². The van der Waals surface area contributed by atoms with Crippen LogP contribution in [0.25, 0.3) is 0 Å². The normalized spacial score (nSPS) is 10.6. The summed E-state index contributed by atoms with van der Waals surface area (Å²) < 4.78 is 5.85. The summed E-state index contributed by atoms with van der Waals surface area (Å²) in [4.78, 5) is 27.8. The third-order valence-electron chi connectivity index (χ3n) is 3.09. The van der Waals surface area contributed by atoms with Crippen molar-refractivity contribution in [2.75, 3.05) is 40.3 Å². The highest BCUT2D eigenvalue weighted by molar-refractivity contribution is 9.10. The average molecular weight is 371 g/mol. The number of esters is 1. The molecule has 22 heavy (non-hydrogen) atoms. The Morgan fingerprint density at radius 1 is 1.09 bits per heavy atom. The third kappa shape index (κ3) is 6.58. The maximum absolute atomic E-state index is 12.6. The number of benzene rings is 1. The van der Waals surface area contributed by atoms with Gasteiger partial charge in [-0.15, -0.1) is 0 Å². The molecule has 1 aromatic rings. The maximum Gasteiger partial charge on any atom is 0.307 e. The van der Waals surface area contributed by atoms with Gasteiger partial charge in [0, 0.05) is 29.7 Å². The summed E-state index contributed by atoms with van der Waals surface area (Å²) in [5.41, 5.74) is 0.616. The molecule has 0 aliphatic rings. The van der Waals surface area contributed by atoms with Crippen molar-refractivity contribution in [1.82, 2.24) is 9.80 Å². The third-order valence-corrected chi connectivity index (χ3v) is 3.62. The molecule has 0 aliphatic heterocycles. The predicted octanol–water partition coefficient (Wildman–Crippen LogP) is 2.41. The molecule has 5 nitrogen and oxygen atoms in total. The second-order valence-electron chi connectivity index (χ2n) is 5.16. The van der Waals surface area contributed by atoms with Gasteiger partial charge in [0.25, 0.3) is 5.91 Å². The van der Waals surface area contributed by atoms with Gasteiger partial charge in [-0.05, 0) is 45.3 Å². The van der Waals surface area contributed by atoms with Crippen molar-refractivity contribution < 1.29 is 14.3 Å². The lowest BCUT2D eigenvalue weighted by Crippen LogP contribution is -2.38. The highest BCUT2D eigenvalue weighted by Gasteiger charge is 2.17. The van der Waals surface area contributed by atoms with Crippen LogP contribution in [0.3, 0.4) is 0 Å². The van der Waals surface area contributed by atoms with Gasteiger partial charge < -0.3 is 14.5 Å². The largest absolute Gasteiger partial charge is 0.466 e. The van der Waals surface area contributed by atoms with Crippen molar-refractivity contribution in [2.45, 2.75) is 13.3 Å². The molecule has 0 spiro atoms. The molecule has 0 saturated heterocycles. The number of hydrogen-bond donors (Lipinski definition) is 0. The Morgan fingerprint density at radius 3 is 2.27 bits per heavy atom. The Morgan fingerprint density at radius 2 is 1.73 bits per heavy atom. The fourth-order valence-corrected chi connectivity index (χ4v) is 2.13. The lowest BCUT2D eigenvalue weighted by Gasteiger charge is -2.24. The van der Waals surface area contributed by atoms with Gasteiger partial charge in [-0.1, -0.05) is 15.9 Å². The van der Waals surface area contributed by atoms with Crippen molar-refractivity contribution >= 4 is 27.8 Å². The van der Waals surface area contributed by atoms with E-state index in [1.54, 1.807) is 24.0 Å². The van der Waals surface area contributed by atoms with Gasteiger partial charge in [-0.25, -0.2) is 0 Å². The minimum atomic E-state index is -0.277. The average Bonchev–Trinajstić information content (AvgIpc) is 2.47. The summed E-state index contributed by atoms with van der Waals surface area (Å²) >= 11 is 3.36. The molecule has 0 heterocycles. The van der Waals surface area contributed by atoms with Crippen LogP contribution in [-0.2, 0) is 9.53 Å². The van der Waals surface area contributed by atoms with Gasteiger partial charge in [0.1, 0.15) is 0 Å². The fourth-order valence-electron chi connectivity index (χ4n) is 1.87. The Bertz CT molecular complexity index is 489. The smallest absolute Gasteiger partial charge is 0.307 e. The molecule has 6 heteroatoms. The molecule has 1 amide bonds. The first kappa shape index (κ1) is 18.6. The second-order valence-corrected chi connectivity index (χ2v) is 6.07. The topological polar surface area (TPSA) is 49.9 Å². The highest BCUT2D eigenvalue weighted by atomic mass is 79.9. The number of carbonyl (C=O) groups excluding carboxylic acids is 2. The van der Waals surface area contributed by atoms with E-state index in [1.165, 1.54) is 0 Å². The van der Waals surface area contributed by atoms with Crippen molar-refractivity contribution in [3.05, 3.63) is 34.3 Å². The van der Waals surface area contributed by atoms with Crippen molar-refractivity contribution in [2.24, 2.45) is 0 Å². The van der Waals surface area contributed by atoms with E-state index in [0.29, 0.717) is 25.3 Å². The highest BCUT2D eigenvalue weighted by Crippen LogP contribution is 2.12. The first-order chi connectivity index (χ1) is 10.4. The molecule has 0 fully saturated rings. The molecule has 0 saturated carbocycles. The van der Waals surface area contributed by atoms with Gasteiger partial charge in [0.2, 0.25) is 0 Å².